The fourth-order valence-electron chi connectivity index (χ4n) is 4.56. The monoisotopic (exact) mass is 417 g/mol. The highest BCUT2D eigenvalue weighted by Crippen LogP contribution is 2.33. The highest BCUT2D eigenvalue weighted by Gasteiger charge is 2.43. The fourth-order valence-corrected chi connectivity index (χ4v) is 5.22. The summed E-state index contributed by atoms with van der Waals surface area (Å²) in [4.78, 5) is 14.8. The van der Waals surface area contributed by atoms with Gasteiger partial charge in [-0.2, -0.15) is 11.3 Å². The minimum absolute atomic E-state index is 0.0439. The Kier molecular flexibility index (Phi) is 5.38. The lowest BCUT2D eigenvalue weighted by Crippen LogP contribution is -2.44. The lowest BCUT2D eigenvalue weighted by Gasteiger charge is -2.34. The van der Waals surface area contributed by atoms with E-state index in [4.69, 9.17) is 9.47 Å². The molecule has 156 valence electrons. The number of rotatable bonds is 5. The molecule has 1 spiro atoms. The van der Waals surface area contributed by atoms with Crippen LogP contribution in [0, 0.1) is 5.92 Å². The van der Waals surface area contributed by atoms with Gasteiger partial charge in [-0.25, -0.2) is 4.68 Å². The molecule has 9 heteroatoms. The number of likely N-dealkylation sites (tertiary alicyclic amines) is 1. The van der Waals surface area contributed by atoms with Crippen molar-refractivity contribution in [1.29, 1.82) is 0 Å². The molecule has 1 unspecified atom stereocenters. The maximum Gasteiger partial charge on any atom is 0.223 e. The molecule has 2 fully saturated rings. The van der Waals surface area contributed by atoms with Gasteiger partial charge in [-0.05, 0) is 41.7 Å². The number of carbonyl (C=O) groups is 1. The topological polar surface area (TPSA) is 81.5 Å². The molecule has 2 aromatic rings. The molecule has 5 heterocycles. The van der Waals surface area contributed by atoms with E-state index < -0.39 is 0 Å². The van der Waals surface area contributed by atoms with Gasteiger partial charge in [0, 0.05) is 38.8 Å². The van der Waals surface area contributed by atoms with Crippen LogP contribution in [-0.2, 0) is 40.5 Å². The average molecular weight is 418 g/mol. The predicted octanol–water partition coefficient (Wildman–Crippen LogP) is 1.56. The van der Waals surface area contributed by atoms with E-state index in [0.29, 0.717) is 26.4 Å². The van der Waals surface area contributed by atoms with E-state index in [-0.39, 0.29) is 17.4 Å². The van der Waals surface area contributed by atoms with Crippen LogP contribution in [0.25, 0.3) is 0 Å². The van der Waals surface area contributed by atoms with E-state index in [9.17, 15) is 4.79 Å². The Bertz CT molecular complexity index is 848. The van der Waals surface area contributed by atoms with Crippen LogP contribution in [0.4, 0.5) is 0 Å². The third kappa shape index (κ3) is 4.09. The maximum absolute atomic E-state index is 12.4. The number of nitrogens with zero attached hydrogens (tertiary/aromatic N) is 4. The minimum atomic E-state index is -0.181. The lowest BCUT2D eigenvalue weighted by molar-refractivity contribution is -0.128. The summed E-state index contributed by atoms with van der Waals surface area (Å²) in [6.07, 6.45) is 2.59. The summed E-state index contributed by atoms with van der Waals surface area (Å²) in [7, 11) is 0. The normalized spacial score (nSPS) is 25.4. The summed E-state index contributed by atoms with van der Waals surface area (Å²) in [5.74, 6) is 0.130. The van der Waals surface area contributed by atoms with Gasteiger partial charge in [0.05, 0.1) is 25.4 Å². The van der Waals surface area contributed by atoms with E-state index >= 15 is 0 Å². The van der Waals surface area contributed by atoms with Crippen molar-refractivity contribution in [3.05, 3.63) is 33.8 Å². The third-order valence-electron chi connectivity index (χ3n) is 6.27. The van der Waals surface area contributed by atoms with Crippen molar-refractivity contribution in [3.63, 3.8) is 0 Å². The Hall–Kier alpha value is -1.81. The summed E-state index contributed by atoms with van der Waals surface area (Å²) in [6, 6.07) is 2.19. The first-order valence-electron chi connectivity index (χ1n) is 10.3. The average Bonchev–Trinajstić information content (AvgIpc) is 3.48. The van der Waals surface area contributed by atoms with Crippen molar-refractivity contribution >= 4 is 17.2 Å². The minimum Gasteiger partial charge on any atom is -0.381 e. The van der Waals surface area contributed by atoms with E-state index in [2.05, 4.69) is 37.4 Å². The largest absolute Gasteiger partial charge is 0.381 e. The highest BCUT2D eigenvalue weighted by atomic mass is 32.1. The van der Waals surface area contributed by atoms with Crippen LogP contribution in [0.5, 0.6) is 0 Å². The molecule has 1 atom stereocenters. The molecule has 29 heavy (non-hydrogen) atoms. The number of nitrogens with one attached hydrogen (secondary N) is 1. The molecular formula is C20H27N5O3S. The van der Waals surface area contributed by atoms with Gasteiger partial charge < -0.3 is 14.8 Å². The number of fused-ring (bicyclic) bond motifs is 1. The molecule has 8 nitrogen and oxygen atoms in total. The molecule has 1 N–H and O–H groups in total. The van der Waals surface area contributed by atoms with Crippen molar-refractivity contribution in [3.8, 4) is 0 Å². The van der Waals surface area contributed by atoms with E-state index in [1.54, 1.807) is 11.3 Å². The summed E-state index contributed by atoms with van der Waals surface area (Å²) in [5.41, 5.74) is 2.98. The third-order valence-corrected chi connectivity index (χ3v) is 7.01. The number of thiophene rings is 1. The van der Waals surface area contributed by atoms with Crippen molar-refractivity contribution in [2.45, 2.75) is 51.1 Å². The van der Waals surface area contributed by atoms with Crippen molar-refractivity contribution in [1.82, 2.24) is 25.2 Å². The van der Waals surface area contributed by atoms with Crippen LogP contribution in [0.2, 0.25) is 0 Å². The van der Waals surface area contributed by atoms with Crippen molar-refractivity contribution < 1.29 is 14.3 Å². The summed E-state index contributed by atoms with van der Waals surface area (Å²) in [6.45, 7) is 5.89. The summed E-state index contributed by atoms with van der Waals surface area (Å²) >= 11 is 1.74. The maximum atomic E-state index is 12.4. The van der Waals surface area contributed by atoms with Crippen LogP contribution in [0.1, 0.15) is 36.2 Å². The van der Waals surface area contributed by atoms with Gasteiger partial charge in [0.2, 0.25) is 5.91 Å². The molecule has 0 aliphatic carbocycles. The molecule has 3 aliphatic rings. The first-order valence-corrected chi connectivity index (χ1v) is 11.3. The molecule has 0 aromatic carbocycles. The second-order valence-corrected chi connectivity index (χ2v) is 9.09. The Morgan fingerprint density at radius 2 is 2.24 bits per heavy atom. The number of carbonyl (C=O) groups excluding carboxylic acids is 1. The molecule has 3 aliphatic heterocycles. The molecule has 5 rings (SSSR count). The first kappa shape index (κ1) is 19.2. The molecule has 2 aromatic heterocycles. The van der Waals surface area contributed by atoms with Gasteiger partial charge in [0.15, 0.2) is 0 Å². The molecule has 1 amide bonds. The van der Waals surface area contributed by atoms with Gasteiger partial charge in [-0.3, -0.25) is 9.69 Å². The zero-order valence-corrected chi connectivity index (χ0v) is 17.3. The number of amides is 1. The Morgan fingerprint density at radius 3 is 3.07 bits per heavy atom. The second-order valence-electron chi connectivity index (χ2n) is 8.31. The highest BCUT2D eigenvalue weighted by molar-refractivity contribution is 7.07. The van der Waals surface area contributed by atoms with Gasteiger partial charge in [0.1, 0.15) is 11.3 Å². The fraction of sp³-hybridized carbons (Fsp3) is 0.650. The SMILES string of the molecule is O=C(NCc1nnn2c1COC1(CCN(Cc3ccsc3)C1)C2)C1CCOCC1. The first-order chi connectivity index (χ1) is 14.2. The van der Waals surface area contributed by atoms with Crippen LogP contribution in [-0.4, -0.2) is 57.7 Å². The van der Waals surface area contributed by atoms with Gasteiger partial charge in [-0.1, -0.05) is 5.21 Å². The molecule has 0 bridgehead atoms. The Morgan fingerprint density at radius 1 is 1.34 bits per heavy atom. The van der Waals surface area contributed by atoms with Gasteiger partial charge in [-0.15, -0.1) is 5.10 Å². The number of aromatic nitrogens is 3. The smallest absolute Gasteiger partial charge is 0.223 e. The lowest BCUT2D eigenvalue weighted by atomic mass is 9.99. The standard InChI is InChI=1S/C20H27N5O3S/c26-19(16-1-6-27-7-2-16)21-9-17-18-11-28-20(14-25(18)23-22-17)4-5-24(13-20)10-15-3-8-29-12-15/h3,8,12,16H,1-2,4-7,9-11,13-14H2,(H,21,26). The quantitative estimate of drug-likeness (QED) is 0.795. The molecule has 2 saturated heterocycles. The zero-order chi connectivity index (χ0) is 19.7. The molecule has 0 saturated carbocycles. The van der Waals surface area contributed by atoms with E-state index in [0.717, 1.165) is 56.8 Å². The Labute approximate surface area is 174 Å². The van der Waals surface area contributed by atoms with Crippen LogP contribution in [0.3, 0.4) is 0 Å². The van der Waals surface area contributed by atoms with Crippen LogP contribution >= 0.6 is 11.3 Å². The Balaban J connectivity index is 1.18. The van der Waals surface area contributed by atoms with Crippen molar-refractivity contribution in [2.75, 3.05) is 26.3 Å². The van der Waals surface area contributed by atoms with Gasteiger partial charge in [0.25, 0.3) is 0 Å². The van der Waals surface area contributed by atoms with Crippen LogP contribution in [0.15, 0.2) is 16.8 Å². The number of hydrogen-bond donors (Lipinski definition) is 1. The summed E-state index contributed by atoms with van der Waals surface area (Å²) < 4.78 is 13.7. The number of ether oxygens (including phenoxy) is 2. The molecular weight excluding hydrogens is 390 g/mol. The van der Waals surface area contributed by atoms with E-state index in [1.807, 2.05) is 4.68 Å². The van der Waals surface area contributed by atoms with Gasteiger partial charge >= 0.3 is 0 Å². The number of hydrogen-bond acceptors (Lipinski definition) is 7. The van der Waals surface area contributed by atoms with Crippen LogP contribution < -0.4 is 5.32 Å². The zero-order valence-electron chi connectivity index (χ0n) is 16.5. The second kappa shape index (κ2) is 8.14. The van der Waals surface area contributed by atoms with E-state index in [1.165, 1.54) is 5.56 Å². The van der Waals surface area contributed by atoms with Crippen molar-refractivity contribution in [2.24, 2.45) is 5.92 Å². The molecule has 0 radical (unpaired) electrons. The summed E-state index contributed by atoms with van der Waals surface area (Å²) in [5, 5.41) is 16.1. The predicted molar refractivity (Wildman–Crippen MR) is 107 cm³/mol.